The van der Waals surface area contributed by atoms with E-state index < -0.39 is 0 Å². The number of aromatic amines is 1. The third-order valence-corrected chi connectivity index (χ3v) is 4.01. The van der Waals surface area contributed by atoms with Crippen LogP contribution < -0.4 is 0 Å². The Bertz CT molecular complexity index is 573. The van der Waals surface area contributed by atoms with Gasteiger partial charge in [0.1, 0.15) is 5.75 Å². The number of fused-ring (bicyclic) bond motifs is 1. The number of hydrogen-bond acceptors (Lipinski definition) is 2. The number of rotatable bonds is 7. The van der Waals surface area contributed by atoms with E-state index in [0.29, 0.717) is 11.8 Å². The molecule has 2 N–H and O–H groups in total. The van der Waals surface area contributed by atoms with Crippen LogP contribution in [0.25, 0.3) is 10.9 Å². The van der Waals surface area contributed by atoms with Crippen LogP contribution in [0.2, 0.25) is 0 Å². The second-order valence-electron chi connectivity index (χ2n) is 5.30. The average Bonchev–Trinajstić information content (AvgIpc) is 2.87. The highest BCUT2D eigenvalue weighted by Gasteiger charge is 2.13. The Balaban J connectivity index is 2.13. The molecule has 0 aliphatic rings. The van der Waals surface area contributed by atoms with Gasteiger partial charge in [0, 0.05) is 36.2 Å². The summed E-state index contributed by atoms with van der Waals surface area (Å²) in [7, 11) is 0. The number of benzene rings is 1. The molecule has 1 unspecified atom stereocenters. The molecule has 0 saturated heterocycles. The molecule has 1 aromatic carbocycles. The van der Waals surface area contributed by atoms with Gasteiger partial charge in [-0.25, -0.2) is 0 Å². The lowest BCUT2D eigenvalue weighted by molar-refractivity contribution is 0.229. The first-order valence-corrected chi connectivity index (χ1v) is 7.30. The summed E-state index contributed by atoms with van der Waals surface area (Å²) in [6, 6.07) is 6.15. The van der Waals surface area contributed by atoms with Crippen molar-refractivity contribution in [3.63, 3.8) is 0 Å². The molecule has 3 heteroatoms. The largest absolute Gasteiger partial charge is 0.507 e. The molecule has 1 heterocycles. The van der Waals surface area contributed by atoms with Gasteiger partial charge in [0.15, 0.2) is 0 Å². The van der Waals surface area contributed by atoms with E-state index in [9.17, 15) is 5.11 Å². The summed E-state index contributed by atoms with van der Waals surface area (Å²) >= 11 is 0. The van der Waals surface area contributed by atoms with Crippen LogP contribution >= 0.6 is 0 Å². The predicted molar refractivity (Wildman–Crippen MR) is 85.2 cm³/mol. The van der Waals surface area contributed by atoms with E-state index in [2.05, 4.69) is 30.3 Å². The Kier molecular flexibility index (Phi) is 4.85. The van der Waals surface area contributed by atoms with Crippen LogP contribution in [0.1, 0.15) is 25.8 Å². The van der Waals surface area contributed by atoms with Gasteiger partial charge >= 0.3 is 0 Å². The Labute approximate surface area is 120 Å². The molecule has 2 aromatic rings. The van der Waals surface area contributed by atoms with Gasteiger partial charge in [0.2, 0.25) is 0 Å². The van der Waals surface area contributed by atoms with Crippen molar-refractivity contribution < 1.29 is 5.11 Å². The van der Waals surface area contributed by atoms with E-state index in [-0.39, 0.29) is 0 Å². The maximum absolute atomic E-state index is 10.0. The topological polar surface area (TPSA) is 39.3 Å². The first kappa shape index (κ1) is 14.7. The Hall–Kier alpha value is -1.74. The minimum atomic E-state index is 0.359. The zero-order chi connectivity index (χ0) is 14.5. The number of hydrogen-bond donors (Lipinski definition) is 2. The fourth-order valence-corrected chi connectivity index (χ4v) is 2.61. The molecule has 0 radical (unpaired) electrons. The number of nitrogens with zero attached hydrogens (tertiary/aromatic N) is 1. The second-order valence-corrected chi connectivity index (χ2v) is 5.30. The zero-order valence-corrected chi connectivity index (χ0v) is 12.4. The number of aromatic nitrogens is 1. The monoisotopic (exact) mass is 272 g/mol. The standard InChI is InChI=1S/C17H24N2O/c1-4-10-19(13(3)5-2)11-9-14-12-18-15-7-6-8-16(20)17(14)15/h4,6-8,12-13,18,20H,1,5,9-11H2,2-3H3. The first-order valence-electron chi connectivity index (χ1n) is 7.30. The van der Waals surface area contributed by atoms with Gasteiger partial charge in [0.05, 0.1) is 0 Å². The van der Waals surface area contributed by atoms with Crippen molar-refractivity contribution >= 4 is 10.9 Å². The molecule has 0 fully saturated rings. The van der Waals surface area contributed by atoms with Gasteiger partial charge in [0.25, 0.3) is 0 Å². The van der Waals surface area contributed by atoms with Crippen molar-refractivity contribution in [1.82, 2.24) is 9.88 Å². The highest BCUT2D eigenvalue weighted by molar-refractivity contribution is 5.88. The lowest BCUT2D eigenvalue weighted by Crippen LogP contribution is -2.34. The summed E-state index contributed by atoms with van der Waals surface area (Å²) in [5.74, 6) is 0.359. The Morgan fingerprint density at radius 1 is 1.45 bits per heavy atom. The molecular formula is C17H24N2O. The molecule has 3 nitrogen and oxygen atoms in total. The summed E-state index contributed by atoms with van der Waals surface area (Å²) in [6.07, 6.45) is 6.02. The van der Waals surface area contributed by atoms with Crippen LogP contribution in [0, 0.1) is 0 Å². The quantitative estimate of drug-likeness (QED) is 0.754. The summed E-state index contributed by atoms with van der Waals surface area (Å²) in [6.45, 7) is 10.2. The van der Waals surface area contributed by atoms with Crippen LogP contribution in [0.4, 0.5) is 0 Å². The maximum atomic E-state index is 10.0. The maximum Gasteiger partial charge on any atom is 0.125 e. The Morgan fingerprint density at radius 3 is 2.95 bits per heavy atom. The van der Waals surface area contributed by atoms with Crippen LogP contribution in [-0.4, -0.2) is 34.1 Å². The molecule has 0 amide bonds. The van der Waals surface area contributed by atoms with Gasteiger partial charge < -0.3 is 10.1 Å². The lowest BCUT2D eigenvalue weighted by Gasteiger charge is -2.27. The molecule has 0 aliphatic carbocycles. The summed E-state index contributed by atoms with van der Waals surface area (Å²) < 4.78 is 0. The zero-order valence-electron chi connectivity index (χ0n) is 12.4. The van der Waals surface area contributed by atoms with E-state index in [1.165, 1.54) is 5.56 Å². The van der Waals surface area contributed by atoms with Crippen molar-refractivity contribution in [1.29, 1.82) is 0 Å². The SMILES string of the molecule is C=CCN(CCc1c[nH]c2cccc(O)c12)C(C)CC. The molecule has 0 saturated carbocycles. The first-order chi connectivity index (χ1) is 9.67. The van der Waals surface area contributed by atoms with Crippen LogP contribution in [0.3, 0.4) is 0 Å². The number of nitrogens with one attached hydrogen (secondary N) is 1. The van der Waals surface area contributed by atoms with Crippen molar-refractivity contribution in [3.8, 4) is 5.75 Å². The fraction of sp³-hybridized carbons (Fsp3) is 0.412. The van der Waals surface area contributed by atoms with E-state index in [1.807, 2.05) is 24.4 Å². The normalized spacial score (nSPS) is 12.9. The molecule has 0 spiro atoms. The Morgan fingerprint density at radius 2 is 2.25 bits per heavy atom. The highest BCUT2D eigenvalue weighted by Crippen LogP contribution is 2.28. The molecule has 20 heavy (non-hydrogen) atoms. The third kappa shape index (κ3) is 3.05. The van der Waals surface area contributed by atoms with Gasteiger partial charge in [-0.3, -0.25) is 4.90 Å². The summed E-state index contributed by atoms with van der Waals surface area (Å²) in [5, 5.41) is 11.0. The summed E-state index contributed by atoms with van der Waals surface area (Å²) in [4.78, 5) is 5.65. The third-order valence-electron chi connectivity index (χ3n) is 4.01. The van der Waals surface area contributed by atoms with Crippen molar-refractivity contribution in [2.45, 2.75) is 32.7 Å². The fourth-order valence-electron chi connectivity index (χ4n) is 2.61. The van der Waals surface area contributed by atoms with Crippen LogP contribution in [0.15, 0.2) is 37.1 Å². The van der Waals surface area contributed by atoms with Crippen molar-refractivity contribution in [2.24, 2.45) is 0 Å². The predicted octanol–water partition coefficient (Wildman–Crippen LogP) is 3.70. The minimum Gasteiger partial charge on any atom is -0.507 e. The smallest absolute Gasteiger partial charge is 0.125 e. The number of H-pyrrole nitrogens is 1. The summed E-state index contributed by atoms with van der Waals surface area (Å²) in [5.41, 5.74) is 2.18. The van der Waals surface area contributed by atoms with Crippen LogP contribution in [0.5, 0.6) is 5.75 Å². The number of phenolic OH excluding ortho intramolecular Hbond substituents is 1. The van der Waals surface area contributed by atoms with Crippen molar-refractivity contribution in [2.75, 3.05) is 13.1 Å². The van der Waals surface area contributed by atoms with Gasteiger partial charge in [-0.1, -0.05) is 19.1 Å². The number of phenols is 1. The average molecular weight is 272 g/mol. The van der Waals surface area contributed by atoms with E-state index >= 15 is 0 Å². The molecule has 0 aliphatic heterocycles. The van der Waals surface area contributed by atoms with Gasteiger partial charge in [-0.05, 0) is 37.5 Å². The molecule has 108 valence electrons. The molecule has 0 bridgehead atoms. The molecule has 2 rings (SSSR count). The van der Waals surface area contributed by atoms with Crippen molar-refractivity contribution in [3.05, 3.63) is 42.6 Å². The van der Waals surface area contributed by atoms with Crippen LogP contribution in [-0.2, 0) is 6.42 Å². The lowest BCUT2D eigenvalue weighted by atomic mass is 10.1. The molecule has 1 atom stereocenters. The second kappa shape index (κ2) is 6.62. The molecule has 1 aromatic heterocycles. The highest BCUT2D eigenvalue weighted by atomic mass is 16.3. The van der Waals surface area contributed by atoms with E-state index in [0.717, 1.165) is 36.8 Å². The number of aromatic hydroxyl groups is 1. The van der Waals surface area contributed by atoms with E-state index in [1.54, 1.807) is 6.07 Å². The molecular weight excluding hydrogens is 248 g/mol. The van der Waals surface area contributed by atoms with Gasteiger partial charge in [-0.15, -0.1) is 6.58 Å². The van der Waals surface area contributed by atoms with Gasteiger partial charge in [-0.2, -0.15) is 0 Å². The van der Waals surface area contributed by atoms with E-state index in [4.69, 9.17) is 0 Å². The minimum absolute atomic E-state index is 0.359.